The summed E-state index contributed by atoms with van der Waals surface area (Å²) in [6, 6.07) is 7.43. The van der Waals surface area contributed by atoms with Gasteiger partial charge in [-0.2, -0.15) is 0 Å². The van der Waals surface area contributed by atoms with Crippen LogP contribution in [0.15, 0.2) is 39.3 Å². The quantitative estimate of drug-likeness (QED) is 0.674. The van der Waals surface area contributed by atoms with Crippen LogP contribution in [0, 0.1) is 11.6 Å². The highest BCUT2D eigenvalue weighted by atomic mass is 79.9. The number of hydrogen-bond acceptors (Lipinski definition) is 1. The molecule has 0 saturated heterocycles. The fourth-order valence-electron chi connectivity index (χ4n) is 2.35. The number of halogens is 4. The van der Waals surface area contributed by atoms with E-state index in [4.69, 9.17) is 0 Å². The summed E-state index contributed by atoms with van der Waals surface area (Å²) in [5, 5.41) is 2.30. The SMILES string of the molecule is O=C(Nc1c(F)cc(Br)cc1F)N1Cc2ccc(Br)cc2C1. The molecule has 2 amide bonds. The van der Waals surface area contributed by atoms with Crippen molar-refractivity contribution in [2.45, 2.75) is 13.1 Å². The molecule has 0 fully saturated rings. The minimum Gasteiger partial charge on any atom is -0.316 e. The molecule has 0 radical (unpaired) electrons. The Kier molecular flexibility index (Phi) is 4.18. The molecule has 1 aliphatic heterocycles. The zero-order valence-corrected chi connectivity index (χ0v) is 14.3. The van der Waals surface area contributed by atoms with Crippen LogP contribution in [0.25, 0.3) is 0 Å². The van der Waals surface area contributed by atoms with E-state index in [-0.39, 0.29) is 4.47 Å². The second-order valence-corrected chi connectivity index (χ2v) is 6.78. The number of hydrogen-bond donors (Lipinski definition) is 1. The molecular weight excluding hydrogens is 422 g/mol. The van der Waals surface area contributed by atoms with Gasteiger partial charge in [-0.05, 0) is 35.4 Å². The molecule has 3 nitrogen and oxygen atoms in total. The van der Waals surface area contributed by atoms with E-state index < -0.39 is 23.4 Å². The number of amides is 2. The summed E-state index contributed by atoms with van der Waals surface area (Å²) in [4.78, 5) is 13.7. The number of urea groups is 1. The molecule has 1 N–H and O–H groups in total. The van der Waals surface area contributed by atoms with Crippen molar-refractivity contribution in [3.63, 3.8) is 0 Å². The Bertz CT molecular complexity index is 744. The average molecular weight is 432 g/mol. The Hall–Kier alpha value is -1.47. The summed E-state index contributed by atoms with van der Waals surface area (Å²) < 4.78 is 28.7. The average Bonchev–Trinajstić information content (AvgIpc) is 2.85. The minimum atomic E-state index is -0.820. The molecule has 0 saturated carbocycles. The molecule has 114 valence electrons. The largest absolute Gasteiger partial charge is 0.322 e. The van der Waals surface area contributed by atoms with Crippen molar-refractivity contribution in [1.82, 2.24) is 4.90 Å². The Morgan fingerprint density at radius 1 is 1.00 bits per heavy atom. The van der Waals surface area contributed by atoms with Gasteiger partial charge in [-0.25, -0.2) is 13.6 Å². The van der Waals surface area contributed by atoms with Crippen molar-refractivity contribution in [2.24, 2.45) is 0 Å². The highest BCUT2D eigenvalue weighted by Crippen LogP contribution is 2.28. The predicted octanol–water partition coefficient (Wildman–Crippen LogP) is 5.04. The third kappa shape index (κ3) is 3.01. The van der Waals surface area contributed by atoms with Crippen molar-refractivity contribution in [1.29, 1.82) is 0 Å². The molecule has 0 aromatic heterocycles. The van der Waals surface area contributed by atoms with Crippen LogP contribution in [0.2, 0.25) is 0 Å². The summed E-state index contributed by atoms with van der Waals surface area (Å²) in [7, 11) is 0. The number of benzene rings is 2. The molecule has 0 atom stereocenters. The maximum Gasteiger partial charge on any atom is 0.322 e. The summed E-state index contributed by atoms with van der Waals surface area (Å²) in [6.45, 7) is 0.814. The number of fused-ring (bicyclic) bond motifs is 1. The van der Waals surface area contributed by atoms with Gasteiger partial charge in [0.2, 0.25) is 0 Å². The van der Waals surface area contributed by atoms with Crippen LogP contribution < -0.4 is 5.32 Å². The first-order chi connectivity index (χ1) is 10.4. The summed E-state index contributed by atoms with van der Waals surface area (Å²) in [6.07, 6.45) is 0. The molecule has 0 unspecified atom stereocenters. The van der Waals surface area contributed by atoms with Gasteiger partial charge in [0.25, 0.3) is 0 Å². The van der Waals surface area contributed by atoms with Gasteiger partial charge in [-0.15, -0.1) is 0 Å². The lowest BCUT2D eigenvalue weighted by Gasteiger charge is -2.17. The van der Waals surface area contributed by atoms with E-state index in [0.29, 0.717) is 13.1 Å². The zero-order valence-electron chi connectivity index (χ0n) is 11.2. The first-order valence-corrected chi connectivity index (χ1v) is 8.00. The highest BCUT2D eigenvalue weighted by Gasteiger charge is 2.25. The lowest BCUT2D eigenvalue weighted by molar-refractivity contribution is 0.212. The zero-order chi connectivity index (χ0) is 15.9. The number of carbonyl (C=O) groups excluding carboxylic acids is 1. The molecule has 22 heavy (non-hydrogen) atoms. The smallest absolute Gasteiger partial charge is 0.316 e. The van der Waals surface area contributed by atoms with Crippen LogP contribution in [0.5, 0.6) is 0 Å². The van der Waals surface area contributed by atoms with Crippen LogP contribution in [-0.4, -0.2) is 10.9 Å². The van der Waals surface area contributed by atoms with Crippen LogP contribution >= 0.6 is 31.9 Å². The maximum absolute atomic E-state index is 13.8. The number of nitrogens with one attached hydrogen (secondary N) is 1. The monoisotopic (exact) mass is 430 g/mol. The van der Waals surface area contributed by atoms with Gasteiger partial charge < -0.3 is 10.2 Å². The van der Waals surface area contributed by atoms with Crippen LogP contribution in [0.1, 0.15) is 11.1 Å². The molecule has 0 spiro atoms. The highest BCUT2D eigenvalue weighted by molar-refractivity contribution is 9.10. The van der Waals surface area contributed by atoms with Crippen LogP contribution in [0.4, 0.5) is 19.3 Å². The van der Waals surface area contributed by atoms with Crippen molar-refractivity contribution in [2.75, 3.05) is 5.32 Å². The van der Waals surface area contributed by atoms with Gasteiger partial charge in [0.05, 0.1) is 0 Å². The van der Waals surface area contributed by atoms with Crippen molar-refractivity contribution in [3.05, 3.63) is 62.0 Å². The third-order valence-electron chi connectivity index (χ3n) is 3.42. The lowest BCUT2D eigenvalue weighted by atomic mass is 10.1. The molecule has 0 aliphatic carbocycles. The number of anilines is 1. The molecule has 3 rings (SSSR count). The van der Waals surface area contributed by atoms with E-state index in [9.17, 15) is 13.6 Å². The second-order valence-electron chi connectivity index (χ2n) is 4.94. The summed E-state index contributed by atoms with van der Waals surface area (Å²) >= 11 is 6.38. The Labute approximate surface area is 142 Å². The van der Waals surface area contributed by atoms with E-state index in [0.717, 1.165) is 27.7 Å². The molecular formula is C15H10Br2F2N2O. The fourth-order valence-corrected chi connectivity index (χ4v) is 3.16. The first kappa shape index (κ1) is 15.4. The van der Waals surface area contributed by atoms with E-state index >= 15 is 0 Å². The normalized spacial score (nSPS) is 13.2. The van der Waals surface area contributed by atoms with Gasteiger partial charge in [-0.3, -0.25) is 0 Å². The van der Waals surface area contributed by atoms with Gasteiger partial charge in [0.1, 0.15) is 5.69 Å². The minimum absolute atomic E-state index is 0.277. The van der Waals surface area contributed by atoms with Crippen molar-refractivity contribution < 1.29 is 13.6 Å². The number of nitrogens with zero attached hydrogens (tertiary/aromatic N) is 1. The Morgan fingerprint density at radius 2 is 1.64 bits per heavy atom. The third-order valence-corrected chi connectivity index (χ3v) is 4.37. The first-order valence-electron chi connectivity index (χ1n) is 6.42. The Balaban J connectivity index is 1.77. The van der Waals surface area contributed by atoms with Gasteiger partial charge in [0, 0.05) is 22.0 Å². The predicted molar refractivity (Wildman–Crippen MR) is 86.5 cm³/mol. The molecule has 1 aliphatic rings. The number of carbonyl (C=O) groups is 1. The molecule has 2 aromatic carbocycles. The fraction of sp³-hybridized carbons (Fsp3) is 0.133. The lowest BCUT2D eigenvalue weighted by Crippen LogP contribution is -2.30. The van der Waals surface area contributed by atoms with Crippen LogP contribution in [0.3, 0.4) is 0 Å². The molecule has 2 aromatic rings. The molecule has 7 heteroatoms. The van der Waals surface area contributed by atoms with E-state index in [2.05, 4.69) is 37.2 Å². The van der Waals surface area contributed by atoms with Gasteiger partial charge >= 0.3 is 6.03 Å². The topological polar surface area (TPSA) is 32.3 Å². The standard InChI is InChI=1S/C15H10Br2F2N2O/c16-10-2-1-8-6-21(7-9(8)3-10)15(22)20-14-12(18)4-11(17)5-13(14)19/h1-5H,6-7H2,(H,20,22). The number of rotatable bonds is 1. The van der Waals surface area contributed by atoms with E-state index in [1.165, 1.54) is 4.90 Å². The van der Waals surface area contributed by atoms with Gasteiger partial charge in [0.15, 0.2) is 11.6 Å². The summed E-state index contributed by atoms with van der Waals surface area (Å²) in [5.41, 5.74) is 1.60. The summed E-state index contributed by atoms with van der Waals surface area (Å²) in [5.74, 6) is -1.64. The van der Waals surface area contributed by atoms with Gasteiger partial charge in [-0.1, -0.05) is 37.9 Å². The maximum atomic E-state index is 13.8. The van der Waals surface area contributed by atoms with Crippen molar-refractivity contribution >= 4 is 43.6 Å². The molecule has 1 heterocycles. The second kappa shape index (κ2) is 5.96. The van der Waals surface area contributed by atoms with Crippen LogP contribution in [-0.2, 0) is 13.1 Å². The van der Waals surface area contributed by atoms with E-state index in [1.54, 1.807) is 0 Å². The Morgan fingerprint density at radius 3 is 2.32 bits per heavy atom. The molecule has 0 bridgehead atoms. The van der Waals surface area contributed by atoms with Crippen molar-refractivity contribution in [3.8, 4) is 0 Å². The van der Waals surface area contributed by atoms with E-state index in [1.807, 2.05) is 18.2 Å².